The summed E-state index contributed by atoms with van der Waals surface area (Å²) in [5.41, 5.74) is 18.8. The lowest BCUT2D eigenvalue weighted by Crippen LogP contribution is -2.10. The van der Waals surface area contributed by atoms with E-state index in [1.165, 1.54) is 46.9 Å². The van der Waals surface area contributed by atoms with Crippen molar-refractivity contribution in [2.24, 2.45) is 0 Å². The number of aromatic amines is 1. The topological polar surface area (TPSA) is 70.8 Å². The number of aromatic nitrogens is 3. The van der Waals surface area contributed by atoms with E-state index in [9.17, 15) is 0 Å². The van der Waals surface area contributed by atoms with Crippen molar-refractivity contribution < 1.29 is 0 Å². The second-order valence-electron chi connectivity index (χ2n) is 10.1. The van der Waals surface area contributed by atoms with Crippen LogP contribution in [-0.2, 0) is 25.8 Å². The molecule has 2 aromatic carbocycles. The SMILES string of the molecule is CN(C)Cc1cncc(-c2ccc(N)c(Cc3cc4c(-c5ccc6c(c5)CCC6)cccc4[nH]3)n2)c1. The monoisotopic (exact) mass is 473 g/mol. The zero-order valence-corrected chi connectivity index (χ0v) is 20.9. The zero-order valence-electron chi connectivity index (χ0n) is 20.9. The lowest BCUT2D eigenvalue weighted by molar-refractivity contribution is 0.402. The Kier molecular flexibility index (Phi) is 5.78. The molecule has 0 fully saturated rings. The number of nitrogens with two attached hydrogens (primary N) is 1. The van der Waals surface area contributed by atoms with Gasteiger partial charge in [-0.15, -0.1) is 0 Å². The number of anilines is 1. The molecule has 36 heavy (non-hydrogen) atoms. The third-order valence-corrected chi connectivity index (χ3v) is 7.09. The first-order chi connectivity index (χ1) is 17.5. The number of rotatable bonds is 6. The van der Waals surface area contributed by atoms with E-state index >= 15 is 0 Å². The highest BCUT2D eigenvalue weighted by molar-refractivity contribution is 5.96. The van der Waals surface area contributed by atoms with Gasteiger partial charge in [0.1, 0.15) is 0 Å². The molecule has 5 aromatic rings. The van der Waals surface area contributed by atoms with Crippen LogP contribution in [0.15, 0.2) is 73.1 Å². The summed E-state index contributed by atoms with van der Waals surface area (Å²) in [5, 5.41) is 1.24. The number of nitrogens with one attached hydrogen (secondary N) is 1. The number of hydrogen-bond donors (Lipinski definition) is 2. The summed E-state index contributed by atoms with van der Waals surface area (Å²) in [6, 6.07) is 21.8. The van der Waals surface area contributed by atoms with Gasteiger partial charge < -0.3 is 15.6 Å². The summed E-state index contributed by atoms with van der Waals surface area (Å²) in [6.45, 7) is 0.838. The van der Waals surface area contributed by atoms with Crippen LogP contribution in [-0.4, -0.2) is 33.9 Å². The predicted octanol–water partition coefficient (Wildman–Crippen LogP) is 6.02. The van der Waals surface area contributed by atoms with Crippen LogP contribution in [0.3, 0.4) is 0 Å². The van der Waals surface area contributed by atoms with Crippen molar-refractivity contribution in [2.75, 3.05) is 19.8 Å². The lowest BCUT2D eigenvalue weighted by atomic mass is 9.98. The normalized spacial score (nSPS) is 13.0. The average Bonchev–Trinajstić information content (AvgIpc) is 3.51. The number of nitrogen functional groups attached to an aromatic ring is 1. The van der Waals surface area contributed by atoms with Gasteiger partial charge in [0.2, 0.25) is 0 Å². The molecular formula is C31H31N5. The highest BCUT2D eigenvalue weighted by Crippen LogP contribution is 2.33. The molecule has 5 heteroatoms. The molecule has 0 saturated carbocycles. The van der Waals surface area contributed by atoms with Crippen molar-refractivity contribution in [2.45, 2.75) is 32.2 Å². The van der Waals surface area contributed by atoms with Crippen molar-refractivity contribution in [3.8, 4) is 22.4 Å². The van der Waals surface area contributed by atoms with Gasteiger partial charge in [0, 0.05) is 47.5 Å². The Bertz CT molecular complexity index is 1560. The molecule has 0 unspecified atom stereocenters. The smallest absolute Gasteiger partial charge is 0.0722 e. The van der Waals surface area contributed by atoms with E-state index in [4.69, 9.17) is 10.7 Å². The van der Waals surface area contributed by atoms with Crippen molar-refractivity contribution in [1.29, 1.82) is 0 Å². The number of H-pyrrole nitrogens is 1. The Morgan fingerprint density at radius 1 is 0.917 bits per heavy atom. The largest absolute Gasteiger partial charge is 0.397 e. The molecule has 5 nitrogen and oxygen atoms in total. The van der Waals surface area contributed by atoms with Crippen LogP contribution < -0.4 is 5.73 Å². The van der Waals surface area contributed by atoms with Crippen molar-refractivity contribution in [1.82, 2.24) is 19.9 Å². The van der Waals surface area contributed by atoms with Crippen molar-refractivity contribution in [3.05, 3.63) is 101 Å². The maximum Gasteiger partial charge on any atom is 0.0722 e. The van der Waals surface area contributed by atoms with Crippen LogP contribution in [0.4, 0.5) is 5.69 Å². The van der Waals surface area contributed by atoms with Gasteiger partial charge in [0.05, 0.1) is 17.1 Å². The van der Waals surface area contributed by atoms with E-state index in [2.05, 4.69) is 77.5 Å². The van der Waals surface area contributed by atoms with Crippen LogP contribution in [0, 0.1) is 0 Å². The first-order valence-electron chi connectivity index (χ1n) is 12.6. The number of hydrogen-bond acceptors (Lipinski definition) is 4. The second kappa shape index (κ2) is 9.25. The van der Waals surface area contributed by atoms with Gasteiger partial charge in [-0.25, -0.2) is 0 Å². The number of fused-ring (bicyclic) bond motifs is 2. The molecule has 1 aliphatic carbocycles. The van der Waals surface area contributed by atoms with Crippen molar-refractivity contribution >= 4 is 16.6 Å². The third-order valence-electron chi connectivity index (χ3n) is 7.09. The number of aryl methyl sites for hydroxylation is 2. The van der Waals surface area contributed by atoms with E-state index in [-0.39, 0.29) is 0 Å². The lowest BCUT2D eigenvalue weighted by Gasteiger charge is -2.11. The van der Waals surface area contributed by atoms with Crippen LogP contribution in [0.25, 0.3) is 33.3 Å². The fourth-order valence-electron chi connectivity index (χ4n) is 5.37. The molecule has 0 amide bonds. The number of benzene rings is 2. The number of nitrogens with zero attached hydrogens (tertiary/aromatic N) is 3. The van der Waals surface area contributed by atoms with Gasteiger partial charge in [0.15, 0.2) is 0 Å². The summed E-state index contributed by atoms with van der Waals surface area (Å²) in [4.78, 5) is 15.1. The van der Waals surface area contributed by atoms with Crippen molar-refractivity contribution in [3.63, 3.8) is 0 Å². The Labute approximate surface area is 212 Å². The van der Waals surface area contributed by atoms with Gasteiger partial charge in [-0.2, -0.15) is 0 Å². The van der Waals surface area contributed by atoms with E-state index in [0.29, 0.717) is 12.1 Å². The molecule has 3 aromatic heterocycles. The molecule has 0 bridgehead atoms. The predicted molar refractivity (Wildman–Crippen MR) is 148 cm³/mol. The second-order valence-corrected chi connectivity index (χ2v) is 10.1. The minimum Gasteiger partial charge on any atom is -0.397 e. The Hall–Kier alpha value is -3.96. The molecule has 0 aliphatic heterocycles. The number of pyridine rings is 2. The first kappa shape index (κ1) is 22.5. The van der Waals surface area contributed by atoms with Gasteiger partial charge in [0.25, 0.3) is 0 Å². The Morgan fingerprint density at radius 2 is 1.81 bits per heavy atom. The van der Waals surface area contributed by atoms with Crippen LogP contribution in [0.1, 0.15) is 34.5 Å². The quantitative estimate of drug-likeness (QED) is 0.317. The van der Waals surface area contributed by atoms with E-state index in [1.54, 1.807) is 0 Å². The van der Waals surface area contributed by atoms with Gasteiger partial charge >= 0.3 is 0 Å². The Balaban J connectivity index is 1.32. The molecule has 180 valence electrons. The standard InChI is InChI=1S/C31H31N5/c1-36(2)19-20-13-24(18-33-17-20)29-12-11-28(32)31(35-29)16-25-15-27-26(7-4-8-30(27)34-25)23-10-9-21-5-3-6-22(21)14-23/h4,7-15,17-18,34H,3,5-6,16,19,32H2,1-2H3. The minimum atomic E-state index is 0.642. The molecule has 3 N–H and O–H groups in total. The fourth-order valence-corrected chi connectivity index (χ4v) is 5.37. The zero-order chi connectivity index (χ0) is 24.6. The third kappa shape index (κ3) is 4.38. The minimum absolute atomic E-state index is 0.642. The average molecular weight is 474 g/mol. The Morgan fingerprint density at radius 3 is 2.69 bits per heavy atom. The summed E-state index contributed by atoms with van der Waals surface area (Å²) in [6.07, 6.45) is 8.08. The fraction of sp³-hybridized carbons (Fsp3) is 0.226. The van der Waals surface area contributed by atoms with Crippen LogP contribution in [0.5, 0.6) is 0 Å². The maximum atomic E-state index is 6.38. The highest BCUT2D eigenvalue weighted by atomic mass is 15.0. The highest BCUT2D eigenvalue weighted by Gasteiger charge is 2.15. The van der Waals surface area contributed by atoms with E-state index in [0.717, 1.165) is 40.3 Å². The molecule has 0 radical (unpaired) electrons. The molecular weight excluding hydrogens is 442 g/mol. The summed E-state index contributed by atoms with van der Waals surface area (Å²) in [7, 11) is 4.12. The molecule has 1 aliphatic rings. The molecule has 3 heterocycles. The van der Waals surface area contributed by atoms with E-state index in [1.807, 2.05) is 24.5 Å². The van der Waals surface area contributed by atoms with E-state index < -0.39 is 0 Å². The summed E-state index contributed by atoms with van der Waals surface area (Å²) >= 11 is 0. The summed E-state index contributed by atoms with van der Waals surface area (Å²) in [5.74, 6) is 0. The first-order valence-corrected chi connectivity index (χ1v) is 12.6. The van der Waals surface area contributed by atoms with Crippen LogP contribution in [0.2, 0.25) is 0 Å². The molecule has 0 atom stereocenters. The molecule has 0 spiro atoms. The maximum absolute atomic E-state index is 6.38. The van der Waals surface area contributed by atoms with Gasteiger partial charge in [-0.05, 0) is 91.5 Å². The van der Waals surface area contributed by atoms with Crippen LogP contribution >= 0.6 is 0 Å². The van der Waals surface area contributed by atoms with Gasteiger partial charge in [-0.1, -0.05) is 30.3 Å². The molecule has 6 rings (SSSR count). The summed E-state index contributed by atoms with van der Waals surface area (Å²) < 4.78 is 0. The van der Waals surface area contributed by atoms with Gasteiger partial charge in [-0.3, -0.25) is 9.97 Å². The molecule has 0 saturated heterocycles.